The molecule has 0 aliphatic carbocycles. The van der Waals surface area contributed by atoms with Crippen molar-refractivity contribution in [1.82, 2.24) is 14.9 Å². The smallest absolute Gasteiger partial charge is 0.243 e. The zero-order valence-corrected chi connectivity index (χ0v) is 18.2. The SMILES string of the molecule is O=C(Cc1ccc(F)cc1)NCCNC(=O)C1CCCN(S(=O)(=O)c2ccc(F)cc2)C1. The topological polar surface area (TPSA) is 95.6 Å². The maximum absolute atomic E-state index is 13.1. The second-order valence-corrected chi connectivity index (χ2v) is 9.54. The van der Waals surface area contributed by atoms with Gasteiger partial charge in [0, 0.05) is 26.2 Å². The van der Waals surface area contributed by atoms with Gasteiger partial charge in [0.25, 0.3) is 0 Å². The molecular formula is C22H25F2N3O4S. The van der Waals surface area contributed by atoms with Crippen LogP contribution < -0.4 is 10.6 Å². The summed E-state index contributed by atoms with van der Waals surface area (Å²) in [7, 11) is -3.81. The normalized spacial score (nSPS) is 17.0. The number of benzene rings is 2. The van der Waals surface area contributed by atoms with Crippen molar-refractivity contribution >= 4 is 21.8 Å². The lowest BCUT2D eigenvalue weighted by Crippen LogP contribution is -2.46. The van der Waals surface area contributed by atoms with Gasteiger partial charge in [-0.05, 0) is 54.8 Å². The summed E-state index contributed by atoms with van der Waals surface area (Å²) in [6.45, 7) is 0.761. The van der Waals surface area contributed by atoms with Crippen LogP contribution in [0.15, 0.2) is 53.4 Å². The minimum Gasteiger partial charge on any atom is -0.354 e. The maximum Gasteiger partial charge on any atom is 0.243 e. The molecule has 7 nitrogen and oxygen atoms in total. The molecule has 0 bridgehead atoms. The van der Waals surface area contributed by atoms with Gasteiger partial charge in [-0.15, -0.1) is 0 Å². The number of rotatable bonds is 8. The highest BCUT2D eigenvalue weighted by atomic mass is 32.2. The van der Waals surface area contributed by atoms with Crippen LogP contribution in [0.25, 0.3) is 0 Å². The first-order valence-electron chi connectivity index (χ1n) is 10.3. The molecule has 1 heterocycles. The van der Waals surface area contributed by atoms with E-state index in [4.69, 9.17) is 0 Å². The zero-order valence-electron chi connectivity index (χ0n) is 17.4. The summed E-state index contributed by atoms with van der Waals surface area (Å²) in [4.78, 5) is 24.4. The lowest BCUT2D eigenvalue weighted by Gasteiger charge is -2.31. The Bertz CT molecular complexity index is 1040. The van der Waals surface area contributed by atoms with Crippen LogP contribution in [0.4, 0.5) is 8.78 Å². The van der Waals surface area contributed by atoms with E-state index in [2.05, 4.69) is 10.6 Å². The molecule has 0 aromatic heterocycles. The van der Waals surface area contributed by atoms with E-state index in [1.54, 1.807) is 0 Å². The lowest BCUT2D eigenvalue weighted by molar-refractivity contribution is -0.126. The van der Waals surface area contributed by atoms with Gasteiger partial charge >= 0.3 is 0 Å². The van der Waals surface area contributed by atoms with E-state index in [9.17, 15) is 26.8 Å². The molecule has 1 unspecified atom stereocenters. The van der Waals surface area contributed by atoms with E-state index in [0.717, 1.165) is 12.1 Å². The first kappa shape index (κ1) is 23.8. The number of hydrogen-bond donors (Lipinski definition) is 2. The van der Waals surface area contributed by atoms with Gasteiger partial charge in [-0.25, -0.2) is 17.2 Å². The van der Waals surface area contributed by atoms with Crippen molar-refractivity contribution in [2.75, 3.05) is 26.2 Å². The van der Waals surface area contributed by atoms with E-state index in [1.807, 2.05) is 0 Å². The summed E-state index contributed by atoms with van der Waals surface area (Å²) in [5.74, 6) is -1.93. The molecule has 3 rings (SSSR count). The fourth-order valence-electron chi connectivity index (χ4n) is 3.51. The fraction of sp³-hybridized carbons (Fsp3) is 0.364. The van der Waals surface area contributed by atoms with Crippen LogP contribution in [0, 0.1) is 17.6 Å². The Hall–Kier alpha value is -2.85. The van der Waals surface area contributed by atoms with Crippen molar-refractivity contribution in [2.45, 2.75) is 24.2 Å². The van der Waals surface area contributed by atoms with Gasteiger partial charge in [-0.1, -0.05) is 12.1 Å². The van der Waals surface area contributed by atoms with Gasteiger partial charge in [-0.3, -0.25) is 9.59 Å². The van der Waals surface area contributed by atoms with Crippen LogP contribution in [0.5, 0.6) is 0 Å². The number of halogens is 2. The third kappa shape index (κ3) is 6.33. The third-order valence-corrected chi connectivity index (χ3v) is 7.11. The Kier molecular flexibility index (Phi) is 7.92. The number of carbonyl (C=O) groups excluding carboxylic acids is 2. The molecular weight excluding hydrogens is 440 g/mol. The molecule has 172 valence electrons. The molecule has 1 aliphatic heterocycles. The molecule has 1 fully saturated rings. The lowest BCUT2D eigenvalue weighted by atomic mass is 9.99. The van der Waals surface area contributed by atoms with Gasteiger partial charge in [0.1, 0.15) is 11.6 Å². The number of nitrogens with one attached hydrogen (secondary N) is 2. The summed E-state index contributed by atoms with van der Waals surface area (Å²) in [5.41, 5.74) is 0.678. The number of carbonyl (C=O) groups is 2. The van der Waals surface area contributed by atoms with Crippen molar-refractivity contribution in [3.05, 3.63) is 65.7 Å². The molecule has 2 amide bonds. The fourth-order valence-corrected chi connectivity index (χ4v) is 5.04. The first-order valence-corrected chi connectivity index (χ1v) is 11.7. The van der Waals surface area contributed by atoms with Gasteiger partial charge in [-0.2, -0.15) is 4.31 Å². The molecule has 0 spiro atoms. The van der Waals surface area contributed by atoms with Crippen LogP contribution in [0.3, 0.4) is 0 Å². The average molecular weight is 466 g/mol. The summed E-state index contributed by atoms with van der Waals surface area (Å²) >= 11 is 0. The number of amides is 2. The summed E-state index contributed by atoms with van der Waals surface area (Å²) in [6.07, 6.45) is 1.19. The number of hydrogen-bond acceptors (Lipinski definition) is 4. The molecule has 2 aromatic rings. The zero-order chi connectivity index (χ0) is 23.1. The van der Waals surface area contributed by atoms with Gasteiger partial charge in [0.05, 0.1) is 17.2 Å². The Morgan fingerprint density at radius 1 is 0.938 bits per heavy atom. The van der Waals surface area contributed by atoms with Crippen LogP contribution in [-0.4, -0.2) is 50.7 Å². The molecule has 2 N–H and O–H groups in total. The van der Waals surface area contributed by atoms with Crippen molar-refractivity contribution in [3.63, 3.8) is 0 Å². The van der Waals surface area contributed by atoms with Crippen molar-refractivity contribution < 1.29 is 26.8 Å². The summed E-state index contributed by atoms with van der Waals surface area (Å²) < 4.78 is 52.8. The number of piperidine rings is 1. The first-order chi connectivity index (χ1) is 15.3. The van der Waals surface area contributed by atoms with E-state index in [-0.39, 0.29) is 48.6 Å². The van der Waals surface area contributed by atoms with Crippen LogP contribution >= 0.6 is 0 Å². The number of sulfonamides is 1. The Morgan fingerprint density at radius 2 is 1.53 bits per heavy atom. The van der Waals surface area contributed by atoms with Crippen molar-refractivity contribution in [1.29, 1.82) is 0 Å². The van der Waals surface area contributed by atoms with Crippen molar-refractivity contribution in [2.24, 2.45) is 5.92 Å². The van der Waals surface area contributed by atoms with Gasteiger partial charge in [0.2, 0.25) is 21.8 Å². The predicted molar refractivity (Wildman–Crippen MR) is 114 cm³/mol. The van der Waals surface area contributed by atoms with Crippen LogP contribution in [0.1, 0.15) is 18.4 Å². The monoisotopic (exact) mass is 465 g/mol. The molecule has 0 radical (unpaired) electrons. The highest BCUT2D eigenvalue weighted by Gasteiger charge is 2.33. The molecule has 1 saturated heterocycles. The van der Waals surface area contributed by atoms with E-state index in [0.29, 0.717) is 24.9 Å². The van der Waals surface area contributed by atoms with Crippen LogP contribution in [-0.2, 0) is 26.0 Å². The minimum absolute atomic E-state index is 0.0103. The Labute approximate surface area is 185 Å². The van der Waals surface area contributed by atoms with E-state index in [1.165, 1.54) is 40.7 Å². The highest BCUT2D eigenvalue weighted by Crippen LogP contribution is 2.24. The van der Waals surface area contributed by atoms with Crippen LogP contribution in [0.2, 0.25) is 0 Å². The number of nitrogens with zero attached hydrogens (tertiary/aromatic N) is 1. The third-order valence-electron chi connectivity index (χ3n) is 5.23. The Morgan fingerprint density at radius 3 is 2.19 bits per heavy atom. The molecule has 2 aromatic carbocycles. The summed E-state index contributed by atoms with van der Waals surface area (Å²) in [5, 5.41) is 5.40. The van der Waals surface area contributed by atoms with E-state index >= 15 is 0 Å². The Balaban J connectivity index is 1.44. The predicted octanol–water partition coefficient (Wildman–Crippen LogP) is 1.84. The second-order valence-electron chi connectivity index (χ2n) is 7.60. The average Bonchev–Trinajstić information content (AvgIpc) is 2.78. The van der Waals surface area contributed by atoms with E-state index < -0.39 is 21.8 Å². The highest BCUT2D eigenvalue weighted by molar-refractivity contribution is 7.89. The largest absolute Gasteiger partial charge is 0.354 e. The van der Waals surface area contributed by atoms with Gasteiger partial charge in [0.15, 0.2) is 0 Å². The molecule has 0 saturated carbocycles. The molecule has 32 heavy (non-hydrogen) atoms. The molecule has 1 aliphatic rings. The maximum atomic E-state index is 13.1. The summed E-state index contributed by atoms with van der Waals surface area (Å²) in [6, 6.07) is 10.2. The minimum atomic E-state index is -3.81. The quantitative estimate of drug-likeness (QED) is 0.582. The standard InChI is InChI=1S/C22H25F2N3O4S/c23-18-5-3-16(4-6-18)14-21(28)25-11-12-26-22(29)17-2-1-13-27(15-17)32(30,31)20-9-7-19(24)8-10-20/h3-10,17H,1-2,11-15H2,(H,25,28)(H,26,29). The molecule has 10 heteroatoms. The molecule has 1 atom stereocenters. The second kappa shape index (κ2) is 10.6. The van der Waals surface area contributed by atoms with Crippen molar-refractivity contribution in [3.8, 4) is 0 Å². The van der Waals surface area contributed by atoms with Gasteiger partial charge < -0.3 is 10.6 Å².